The molecule has 1 aromatic carbocycles. The second kappa shape index (κ2) is 11.8. The standard InChI is InChI=1S/C20H25N5S.HI/c1-2-22-20(23-9-8-19-7-4-12-26-19)24-14-17-5-3-6-18(13-17)15-25-11-10-21-16-25;/h3-7,10-13,16H,2,8-9,14-15H2,1H3,(H2,22,23,24);1H. The van der Waals surface area contributed by atoms with Crippen molar-refractivity contribution in [3.63, 3.8) is 0 Å². The van der Waals surface area contributed by atoms with Gasteiger partial charge in [-0.25, -0.2) is 9.98 Å². The van der Waals surface area contributed by atoms with Crippen molar-refractivity contribution in [2.24, 2.45) is 4.99 Å². The van der Waals surface area contributed by atoms with Crippen molar-refractivity contribution in [2.45, 2.75) is 26.4 Å². The van der Waals surface area contributed by atoms with E-state index in [1.165, 1.54) is 16.0 Å². The van der Waals surface area contributed by atoms with Gasteiger partial charge in [0, 0.05) is 36.9 Å². The van der Waals surface area contributed by atoms with E-state index in [0.29, 0.717) is 6.54 Å². The number of nitrogens with zero attached hydrogens (tertiary/aromatic N) is 3. The minimum atomic E-state index is 0. The lowest BCUT2D eigenvalue weighted by atomic mass is 10.1. The van der Waals surface area contributed by atoms with Crippen LogP contribution in [-0.2, 0) is 19.5 Å². The third kappa shape index (κ3) is 7.34. The maximum Gasteiger partial charge on any atom is 0.191 e. The van der Waals surface area contributed by atoms with Gasteiger partial charge in [0.2, 0.25) is 0 Å². The number of halogens is 1. The van der Waals surface area contributed by atoms with Crippen molar-refractivity contribution < 1.29 is 0 Å². The van der Waals surface area contributed by atoms with Crippen LogP contribution in [0, 0.1) is 0 Å². The Balaban J connectivity index is 0.00000261. The van der Waals surface area contributed by atoms with Gasteiger partial charge in [-0.2, -0.15) is 0 Å². The molecule has 27 heavy (non-hydrogen) atoms. The number of hydrogen-bond acceptors (Lipinski definition) is 3. The number of nitrogens with one attached hydrogen (secondary N) is 2. The molecule has 2 N–H and O–H groups in total. The molecule has 3 rings (SSSR count). The summed E-state index contributed by atoms with van der Waals surface area (Å²) in [4.78, 5) is 10.2. The van der Waals surface area contributed by atoms with Gasteiger partial charge in [-0.3, -0.25) is 0 Å². The smallest absolute Gasteiger partial charge is 0.191 e. The first kappa shape index (κ1) is 21.4. The van der Waals surface area contributed by atoms with Gasteiger partial charge in [0.05, 0.1) is 12.9 Å². The number of aromatic nitrogens is 2. The molecule has 0 aliphatic carbocycles. The lowest BCUT2D eigenvalue weighted by molar-refractivity contribution is 0.792. The van der Waals surface area contributed by atoms with Crippen LogP contribution in [0.25, 0.3) is 0 Å². The topological polar surface area (TPSA) is 54.2 Å². The minimum Gasteiger partial charge on any atom is -0.357 e. The molecule has 0 aliphatic heterocycles. The SMILES string of the molecule is CCNC(=NCc1cccc(Cn2ccnc2)c1)NCCc1cccs1.I. The normalized spacial score (nSPS) is 11.1. The summed E-state index contributed by atoms with van der Waals surface area (Å²) in [5.41, 5.74) is 2.46. The Hall–Kier alpha value is -1.87. The fourth-order valence-corrected chi connectivity index (χ4v) is 3.40. The van der Waals surface area contributed by atoms with Crippen LogP contribution >= 0.6 is 35.3 Å². The van der Waals surface area contributed by atoms with E-state index in [-0.39, 0.29) is 24.0 Å². The summed E-state index contributed by atoms with van der Waals surface area (Å²) in [6, 6.07) is 12.8. The van der Waals surface area contributed by atoms with Crippen molar-refractivity contribution in [2.75, 3.05) is 13.1 Å². The molecule has 0 bridgehead atoms. The second-order valence-corrected chi connectivity index (χ2v) is 7.04. The summed E-state index contributed by atoms with van der Waals surface area (Å²) >= 11 is 1.79. The summed E-state index contributed by atoms with van der Waals surface area (Å²) in [6.07, 6.45) is 6.64. The summed E-state index contributed by atoms with van der Waals surface area (Å²) in [5.74, 6) is 0.865. The molecule has 0 aliphatic rings. The highest BCUT2D eigenvalue weighted by Gasteiger charge is 2.01. The quantitative estimate of drug-likeness (QED) is 0.283. The van der Waals surface area contributed by atoms with Gasteiger partial charge in [-0.15, -0.1) is 35.3 Å². The van der Waals surface area contributed by atoms with Crippen LogP contribution in [0.2, 0.25) is 0 Å². The first-order valence-electron chi connectivity index (χ1n) is 8.91. The Kier molecular flexibility index (Phi) is 9.34. The molecule has 3 aromatic rings. The fourth-order valence-electron chi connectivity index (χ4n) is 2.69. The Morgan fingerprint density at radius 3 is 2.81 bits per heavy atom. The monoisotopic (exact) mass is 495 g/mol. The molecule has 0 spiro atoms. The van der Waals surface area contributed by atoms with E-state index in [2.05, 4.69) is 68.9 Å². The molecule has 5 nitrogen and oxygen atoms in total. The fraction of sp³-hybridized carbons (Fsp3) is 0.300. The number of imidazole rings is 1. The van der Waals surface area contributed by atoms with Crippen LogP contribution in [-0.4, -0.2) is 28.6 Å². The summed E-state index contributed by atoms with van der Waals surface area (Å²) in [7, 11) is 0. The average molecular weight is 495 g/mol. The van der Waals surface area contributed by atoms with Gasteiger partial charge in [-0.05, 0) is 35.9 Å². The predicted octanol–water partition coefficient (Wildman–Crippen LogP) is 3.91. The van der Waals surface area contributed by atoms with E-state index in [1.807, 2.05) is 12.5 Å². The Morgan fingerprint density at radius 1 is 1.19 bits per heavy atom. The molecule has 7 heteroatoms. The van der Waals surface area contributed by atoms with Crippen LogP contribution in [0.5, 0.6) is 0 Å². The molecule has 0 amide bonds. The van der Waals surface area contributed by atoms with Crippen LogP contribution in [0.4, 0.5) is 0 Å². The highest BCUT2D eigenvalue weighted by molar-refractivity contribution is 14.0. The number of thiophene rings is 1. The number of rotatable bonds is 8. The third-order valence-corrected chi connectivity index (χ3v) is 4.86. The first-order valence-corrected chi connectivity index (χ1v) is 9.79. The van der Waals surface area contributed by atoms with Crippen LogP contribution < -0.4 is 10.6 Å². The molecular formula is C20H26IN5S. The number of aliphatic imine (C=N–C) groups is 1. The molecule has 0 saturated heterocycles. The van der Waals surface area contributed by atoms with Crippen molar-refractivity contribution in [1.29, 1.82) is 0 Å². The van der Waals surface area contributed by atoms with Gasteiger partial charge in [0.1, 0.15) is 0 Å². The van der Waals surface area contributed by atoms with Gasteiger partial charge in [0.25, 0.3) is 0 Å². The number of benzene rings is 1. The predicted molar refractivity (Wildman–Crippen MR) is 124 cm³/mol. The molecule has 0 atom stereocenters. The van der Waals surface area contributed by atoms with E-state index in [9.17, 15) is 0 Å². The highest BCUT2D eigenvalue weighted by Crippen LogP contribution is 2.09. The minimum absolute atomic E-state index is 0. The molecular weight excluding hydrogens is 469 g/mol. The Bertz CT molecular complexity index is 800. The lowest BCUT2D eigenvalue weighted by Crippen LogP contribution is -2.38. The van der Waals surface area contributed by atoms with Gasteiger partial charge >= 0.3 is 0 Å². The lowest BCUT2D eigenvalue weighted by Gasteiger charge is -2.11. The maximum atomic E-state index is 4.72. The van der Waals surface area contributed by atoms with E-state index in [1.54, 1.807) is 17.5 Å². The summed E-state index contributed by atoms with van der Waals surface area (Å²) in [6.45, 7) is 5.31. The molecule has 0 radical (unpaired) electrons. The number of guanidine groups is 1. The molecule has 0 saturated carbocycles. The van der Waals surface area contributed by atoms with Crippen molar-refractivity contribution in [3.8, 4) is 0 Å². The number of hydrogen-bond donors (Lipinski definition) is 2. The zero-order valence-electron chi connectivity index (χ0n) is 15.5. The summed E-state index contributed by atoms with van der Waals surface area (Å²) in [5, 5.41) is 8.84. The maximum absolute atomic E-state index is 4.72. The highest BCUT2D eigenvalue weighted by atomic mass is 127. The van der Waals surface area contributed by atoms with Crippen molar-refractivity contribution >= 4 is 41.3 Å². The van der Waals surface area contributed by atoms with Gasteiger partial charge in [-0.1, -0.05) is 30.3 Å². The molecule has 0 unspecified atom stereocenters. The van der Waals surface area contributed by atoms with Crippen LogP contribution in [0.1, 0.15) is 22.9 Å². The van der Waals surface area contributed by atoms with Crippen LogP contribution in [0.15, 0.2) is 65.5 Å². The zero-order valence-corrected chi connectivity index (χ0v) is 18.6. The molecule has 144 valence electrons. The van der Waals surface area contributed by atoms with Crippen molar-refractivity contribution in [1.82, 2.24) is 20.2 Å². The van der Waals surface area contributed by atoms with E-state index >= 15 is 0 Å². The van der Waals surface area contributed by atoms with Gasteiger partial charge in [0.15, 0.2) is 5.96 Å². The van der Waals surface area contributed by atoms with E-state index in [4.69, 9.17) is 4.99 Å². The largest absolute Gasteiger partial charge is 0.357 e. The third-order valence-electron chi connectivity index (χ3n) is 3.92. The molecule has 2 aromatic heterocycles. The average Bonchev–Trinajstić information content (AvgIpc) is 3.34. The van der Waals surface area contributed by atoms with Crippen LogP contribution in [0.3, 0.4) is 0 Å². The van der Waals surface area contributed by atoms with E-state index in [0.717, 1.165) is 32.0 Å². The first-order chi connectivity index (χ1) is 12.8. The molecule has 0 fully saturated rings. The zero-order chi connectivity index (χ0) is 18.0. The molecule has 2 heterocycles. The Morgan fingerprint density at radius 2 is 2.07 bits per heavy atom. The Labute approximate surface area is 182 Å². The van der Waals surface area contributed by atoms with E-state index < -0.39 is 0 Å². The van der Waals surface area contributed by atoms with Gasteiger partial charge < -0.3 is 15.2 Å². The van der Waals surface area contributed by atoms with Crippen molar-refractivity contribution in [3.05, 3.63) is 76.5 Å². The summed E-state index contributed by atoms with van der Waals surface area (Å²) < 4.78 is 2.07. The second-order valence-electron chi connectivity index (χ2n) is 6.01.